The molecule has 0 bridgehead atoms. The van der Waals surface area contributed by atoms with Crippen LogP contribution in [0.25, 0.3) is 0 Å². The lowest BCUT2D eigenvalue weighted by atomic mass is 10.1. The van der Waals surface area contributed by atoms with Crippen molar-refractivity contribution < 1.29 is 4.79 Å². The molecule has 122 valence electrons. The monoisotopic (exact) mass is 348 g/mol. The number of aromatic nitrogens is 3. The Morgan fingerprint density at radius 1 is 1.57 bits per heavy atom. The van der Waals surface area contributed by atoms with Crippen LogP contribution in [0.15, 0.2) is 29.3 Å². The predicted molar refractivity (Wildman–Crippen MR) is 93.7 cm³/mol. The van der Waals surface area contributed by atoms with Gasteiger partial charge in [0, 0.05) is 24.5 Å². The summed E-state index contributed by atoms with van der Waals surface area (Å²) in [5, 5.41) is 11.0. The third kappa shape index (κ3) is 3.35. The topological polar surface area (TPSA) is 51.0 Å². The second-order valence-corrected chi connectivity index (χ2v) is 7.88. The van der Waals surface area contributed by atoms with Gasteiger partial charge in [-0.3, -0.25) is 4.79 Å². The number of rotatable bonds is 5. The first kappa shape index (κ1) is 16.3. The molecular formula is C16H20N4OS2. The summed E-state index contributed by atoms with van der Waals surface area (Å²) in [5.41, 5.74) is 1.29. The minimum absolute atomic E-state index is 0.164. The fourth-order valence-corrected chi connectivity index (χ4v) is 4.57. The van der Waals surface area contributed by atoms with Crippen molar-refractivity contribution in [2.75, 3.05) is 6.54 Å². The van der Waals surface area contributed by atoms with Crippen LogP contribution in [0, 0.1) is 6.92 Å². The Kier molecular flexibility index (Phi) is 4.87. The Balaban J connectivity index is 1.68. The molecule has 0 N–H and O–H groups in total. The third-order valence-corrected chi connectivity index (χ3v) is 6.05. The first-order valence-corrected chi connectivity index (χ1v) is 9.37. The summed E-state index contributed by atoms with van der Waals surface area (Å²) in [6.07, 6.45) is 2.78. The molecule has 3 heterocycles. The van der Waals surface area contributed by atoms with Gasteiger partial charge in [0.15, 0.2) is 5.16 Å². The smallest absolute Gasteiger partial charge is 0.236 e. The number of allylic oxidation sites excluding steroid dienone is 1. The average Bonchev–Trinajstić information content (AvgIpc) is 3.15. The summed E-state index contributed by atoms with van der Waals surface area (Å²) in [6, 6.07) is 2.13. The van der Waals surface area contributed by atoms with E-state index in [1.54, 1.807) is 11.3 Å². The van der Waals surface area contributed by atoms with E-state index in [0.29, 0.717) is 6.54 Å². The van der Waals surface area contributed by atoms with Crippen LogP contribution >= 0.6 is 23.1 Å². The standard InChI is InChI=1S/C16H20N4OS2/c1-4-7-20-12(3)17-18-16(20)23-11(2)15(21)19-8-5-14-13(10-19)6-9-22-14/h4,6,9,11H,1,5,7-8,10H2,2-3H3/t11-/m1/s1. The first-order chi connectivity index (χ1) is 11.1. The van der Waals surface area contributed by atoms with Crippen LogP contribution in [-0.4, -0.2) is 37.4 Å². The lowest BCUT2D eigenvalue weighted by molar-refractivity contribution is -0.131. The van der Waals surface area contributed by atoms with E-state index < -0.39 is 0 Å². The van der Waals surface area contributed by atoms with Crippen molar-refractivity contribution in [1.82, 2.24) is 19.7 Å². The zero-order valence-corrected chi connectivity index (χ0v) is 15.0. The molecule has 0 fully saturated rings. The van der Waals surface area contributed by atoms with Crippen LogP contribution in [-0.2, 0) is 24.3 Å². The number of thioether (sulfide) groups is 1. The fraction of sp³-hybridized carbons (Fsp3) is 0.438. The Hall–Kier alpha value is -1.60. The van der Waals surface area contributed by atoms with Gasteiger partial charge >= 0.3 is 0 Å². The Morgan fingerprint density at radius 3 is 3.17 bits per heavy atom. The maximum atomic E-state index is 12.7. The molecule has 0 aromatic carbocycles. The summed E-state index contributed by atoms with van der Waals surface area (Å²) < 4.78 is 1.98. The summed E-state index contributed by atoms with van der Waals surface area (Å²) in [4.78, 5) is 16.1. The molecule has 7 heteroatoms. The quantitative estimate of drug-likeness (QED) is 0.616. The third-order valence-electron chi connectivity index (χ3n) is 3.96. The highest BCUT2D eigenvalue weighted by molar-refractivity contribution is 8.00. The highest BCUT2D eigenvalue weighted by Gasteiger charge is 2.27. The van der Waals surface area contributed by atoms with Gasteiger partial charge in [-0.15, -0.1) is 28.1 Å². The summed E-state index contributed by atoms with van der Waals surface area (Å²) >= 11 is 3.26. The van der Waals surface area contributed by atoms with Gasteiger partial charge in [-0.25, -0.2) is 0 Å². The minimum Gasteiger partial charge on any atom is -0.337 e. The van der Waals surface area contributed by atoms with E-state index in [4.69, 9.17) is 0 Å². The number of nitrogens with zero attached hydrogens (tertiary/aromatic N) is 4. The van der Waals surface area contributed by atoms with Crippen molar-refractivity contribution in [2.24, 2.45) is 0 Å². The van der Waals surface area contributed by atoms with Crippen molar-refractivity contribution in [1.29, 1.82) is 0 Å². The Bertz CT molecular complexity index is 721. The van der Waals surface area contributed by atoms with E-state index >= 15 is 0 Å². The number of hydrogen-bond acceptors (Lipinski definition) is 5. The molecule has 0 aliphatic carbocycles. The Morgan fingerprint density at radius 2 is 2.39 bits per heavy atom. The van der Waals surface area contributed by atoms with Crippen LogP contribution in [0.3, 0.4) is 0 Å². The lowest BCUT2D eigenvalue weighted by Gasteiger charge is -2.29. The molecule has 1 amide bonds. The van der Waals surface area contributed by atoms with Crippen LogP contribution in [0.4, 0.5) is 0 Å². The van der Waals surface area contributed by atoms with Gasteiger partial charge < -0.3 is 9.47 Å². The van der Waals surface area contributed by atoms with Crippen molar-refractivity contribution in [2.45, 2.75) is 43.8 Å². The molecule has 2 aromatic heterocycles. The highest BCUT2D eigenvalue weighted by Crippen LogP contribution is 2.28. The zero-order valence-electron chi connectivity index (χ0n) is 13.4. The number of carbonyl (C=O) groups excluding carboxylic acids is 1. The van der Waals surface area contributed by atoms with Crippen molar-refractivity contribution in [3.05, 3.63) is 40.4 Å². The zero-order chi connectivity index (χ0) is 16.4. The normalized spacial score (nSPS) is 15.3. The van der Waals surface area contributed by atoms with Crippen molar-refractivity contribution in [3.8, 4) is 0 Å². The lowest BCUT2D eigenvalue weighted by Crippen LogP contribution is -2.39. The molecule has 0 saturated carbocycles. The molecule has 23 heavy (non-hydrogen) atoms. The molecule has 0 radical (unpaired) electrons. The second kappa shape index (κ2) is 6.88. The van der Waals surface area contributed by atoms with Gasteiger partial charge in [0.25, 0.3) is 0 Å². The molecule has 0 saturated heterocycles. The van der Waals surface area contributed by atoms with Gasteiger partial charge in [0.05, 0.1) is 5.25 Å². The molecule has 1 aliphatic heterocycles. The molecule has 3 rings (SSSR count). The maximum Gasteiger partial charge on any atom is 0.236 e. The van der Waals surface area contributed by atoms with Crippen LogP contribution in [0.1, 0.15) is 23.2 Å². The van der Waals surface area contributed by atoms with Gasteiger partial charge in [-0.1, -0.05) is 17.8 Å². The fourth-order valence-electron chi connectivity index (χ4n) is 2.69. The molecule has 1 aliphatic rings. The maximum absolute atomic E-state index is 12.7. The summed E-state index contributed by atoms with van der Waals surface area (Å²) in [7, 11) is 0. The first-order valence-electron chi connectivity index (χ1n) is 7.61. The van der Waals surface area contributed by atoms with E-state index in [9.17, 15) is 4.79 Å². The van der Waals surface area contributed by atoms with Gasteiger partial charge in [0.1, 0.15) is 5.82 Å². The van der Waals surface area contributed by atoms with E-state index in [0.717, 1.165) is 30.5 Å². The van der Waals surface area contributed by atoms with E-state index in [1.807, 2.05) is 29.4 Å². The summed E-state index contributed by atoms with van der Waals surface area (Å²) in [6.45, 7) is 9.80. The molecule has 5 nitrogen and oxygen atoms in total. The predicted octanol–water partition coefficient (Wildman–Crippen LogP) is 2.90. The number of hydrogen-bond donors (Lipinski definition) is 0. The molecular weight excluding hydrogens is 328 g/mol. The number of amides is 1. The van der Waals surface area contributed by atoms with Gasteiger partial charge in [-0.2, -0.15) is 0 Å². The molecule has 2 aromatic rings. The average molecular weight is 348 g/mol. The molecule has 0 spiro atoms. The number of aryl methyl sites for hydroxylation is 1. The second-order valence-electron chi connectivity index (χ2n) is 5.57. The van der Waals surface area contributed by atoms with Crippen LogP contribution in [0.2, 0.25) is 0 Å². The van der Waals surface area contributed by atoms with Gasteiger partial charge in [0.2, 0.25) is 5.91 Å². The van der Waals surface area contributed by atoms with Gasteiger partial charge in [-0.05, 0) is 37.3 Å². The van der Waals surface area contributed by atoms with E-state index in [1.165, 1.54) is 22.2 Å². The highest BCUT2D eigenvalue weighted by atomic mass is 32.2. The molecule has 1 atom stereocenters. The van der Waals surface area contributed by atoms with Crippen LogP contribution in [0.5, 0.6) is 0 Å². The van der Waals surface area contributed by atoms with Crippen LogP contribution < -0.4 is 0 Å². The minimum atomic E-state index is -0.178. The number of thiophene rings is 1. The van der Waals surface area contributed by atoms with Crippen molar-refractivity contribution in [3.63, 3.8) is 0 Å². The largest absolute Gasteiger partial charge is 0.337 e. The van der Waals surface area contributed by atoms with Crippen molar-refractivity contribution >= 4 is 29.0 Å². The molecule has 0 unspecified atom stereocenters. The summed E-state index contributed by atoms with van der Waals surface area (Å²) in [5.74, 6) is 1.01. The van der Waals surface area contributed by atoms with E-state index in [2.05, 4.69) is 28.2 Å². The SMILES string of the molecule is C=CCn1c(C)nnc1S[C@H](C)C(=O)N1CCc2sccc2C1. The number of fused-ring (bicyclic) bond motifs is 1. The Labute approximate surface area is 144 Å². The van der Waals surface area contributed by atoms with E-state index in [-0.39, 0.29) is 11.2 Å². The number of carbonyl (C=O) groups is 1.